The van der Waals surface area contributed by atoms with Gasteiger partial charge in [-0.15, -0.1) is 10.2 Å². The zero-order valence-electron chi connectivity index (χ0n) is 11.7. The zero-order valence-corrected chi connectivity index (χ0v) is 12.4. The fraction of sp³-hybridized carbons (Fsp3) is 0.583. The van der Waals surface area contributed by atoms with Gasteiger partial charge in [0.1, 0.15) is 12.2 Å². The van der Waals surface area contributed by atoms with Crippen molar-refractivity contribution in [2.24, 2.45) is 14.1 Å². The Bertz CT molecular complexity index is 559. The summed E-state index contributed by atoms with van der Waals surface area (Å²) in [6.07, 6.45) is 2.53. The molecule has 1 N–H and O–H groups in total. The average molecular weight is 283 g/mol. The van der Waals surface area contributed by atoms with Gasteiger partial charge in [0.05, 0.1) is 22.5 Å². The van der Waals surface area contributed by atoms with E-state index >= 15 is 0 Å². The first kappa shape index (κ1) is 14.0. The average Bonchev–Trinajstić information content (AvgIpc) is 2.92. The highest BCUT2D eigenvalue weighted by atomic mass is 35.5. The van der Waals surface area contributed by atoms with E-state index in [0.29, 0.717) is 6.54 Å². The van der Waals surface area contributed by atoms with Gasteiger partial charge in [-0.3, -0.25) is 4.68 Å². The molecule has 19 heavy (non-hydrogen) atoms. The van der Waals surface area contributed by atoms with Crippen molar-refractivity contribution < 1.29 is 0 Å². The minimum atomic E-state index is 0.101. The van der Waals surface area contributed by atoms with Crippen molar-refractivity contribution in [3.8, 4) is 0 Å². The molecule has 0 saturated heterocycles. The summed E-state index contributed by atoms with van der Waals surface area (Å²) in [5.41, 5.74) is 1.93. The van der Waals surface area contributed by atoms with Crippen LogP contribution in [0.1, 0.15) is 37.1 Å². The van der Waals surface area contributed by atoms with Gasteiger partial charge in [-0.1, -0.05) is 18.5 Å². The molecule has 0 fully saturated rings. The normalized spacial score (nSPS) is 12.9. The van der Waals surface area contributed by atoms with Crippen LogP contribution >= 0.6 is 11.6 Å². The second-order valence-corrected chi connectivity index (χ2v) is 4.97. The number of aryl methyl sites for hydroxylation is 3. The van der Waals surface area contributed by atoms with Crippen LogP contribution in [-0.4, -0.2) is 24.5 Å². The van der Waals surface area contributed by atoms with Crippen LogP contribution in [0.25, 0.3) is 0 Å². The molecular formula is C12H19ClN6. The second-order valence-electron chi connectivity index (χ2n) is 4.59. The molecule has 0 aromatic carbocycles. The molecule has 0 aliphatic rings. The van der Waals surface area contributed by atoms with Crippen molar-refractivity contribution in [2.45, 2.75) is 32.9 Å². The number of nitrogens with one attached hydrogen (secondary N) is 1. The lowest BCUT2D eigenvalue weighted by Gasteiger charge is -2.13. The van der Waals surface area contributed by atoms with Crippen LogP contribution < -0.4 is 5.32 Å². The van der Waals surface area contributed by atoms with Crippen LogP contribution in [0.3, 0.4) is 0 Å². The lowest BCUT2D eigenvalue weighted by atomic mass is 10.2. The van der Waals surface area contributed by atoms with Crippen LogP contribution in [0.15, 0.2) is 6.33 Å². The predicted octanol–water partition coefficient (Wildman–Crippen LogP) is 1.62. The van der Waals surface area contributed by atoms with Crippen LogP contribution in [0.2, 0.25) is 5.02 Å². The highest BCUT2D eigenvalue weighted by Crippen LogP contribution is 2.21. The Hall–Kier alpha value is -1.40. The van der Waals surface area contributed by atoms with Gasteiger partial charge in [-0.25, -0.2) is 0 Å². The summed E-state index contributed by atoms with van der Waals surface area (Å²) in [7, 11) is 3.84. The highest BCUT2D eigenvalue weighted by Gasteiger charge is 2.15. The molecule has 0 bridgehead atoms. The Morgan fingerprint density at radius 3 is 2.68 bits per heavy atom. The summed E-state index contributed by atoms with van der Waals surface area (Å²) in [6.45, 7) is 4.75. The topological polar surface area (TPSA) is 60.6 Å². The van der Waals surface area contributed by atoms with E-state index in [0.717, 1.165) is 28.7 Å². The van der Waals surface area contributed by atoms with Gasteiger partial charge < -0.3 is 9.88 Å². The van der Waals surface area contributed by atoms with E-state index in [1.165, 1.54) is 0 Å². The third kappa shape index (κ3) is 2.79. The smallest absolute Gasteiger partial charge is 0.149 e. The molecule has 1 unspecified atom stereocenters. The minimum absolute atomic E-state index is 0.101. The molecule has 104 valence electrons. The van der Waals surface area contributed by atoms with Crippen LogP contribution in [0.4, 0.5) is 0 Å². The third-order valence-electron chi connectivity index (χ3n) is 3.21. The first-order valence-electron chi connectivity index (χ1n) is 6.32. The predicted molar refractivity (Wildman–Crippen MR) is 73.9 cm³/mol. The molecule has 7 heteroatoms. The maximum Gasteiger partial charge on any atom is 0.149 e. The minimum Gasteiger partial charge on any atom is -0.319 e. The molecule has 6 nitrogen and oxygen atoms in total. The molecule has 0 radical (unpaired) electrons. The van der Waals surface area contributed by atoms with Crippen molar-refractivity contribution in [2.75, 3.05) is 0 Å². The Morgan fingerprint density at radius 1 is 1.42 bits per heavy atom. The molecule has 2 aromatic heterocycles. The molecule has 1 atom stereocenters. The maximum atomic E-state index is 6.31. The molecule has 2 heterocycles. The zero-order chi connectivity index (χ0) is 14.0. The van der Waals surface area contributed by atoms with E-state index in [2.05, 4.69) is 27.5 Å². The van der Waals surface area contributed by atoms with Gasteiger partial charge in [0.25, 0.3) is 0 Å². The van der Waals surface area contributed by atoms with Crippen LogP contribution in [0.5, 0.6) is 0 Å². The number of hydrogen-bond acceptors (Lipinski definition) is 4. The number of nitrogens with zero attached hydrogens (tertiary/aromatic N) is 5. The number of aromatic nitrogens is 5. The monoisotopic (exact) mass is 282 g/mol. The number of halogens is 1. The lowest BCUT2D eigenvalue weighted by Crippen LogP contribution is -2.22. The van der Waals surface area contributed by atoms with Crippen molar-refractivity contribution in [3.63, 3.8) is 0 Å². The Kier molecular flexibility index (Phi) is 4.21. The fourth-order valence-corrected chi connectivity index (χ4v) is 2.40. The van der Waals surface area contributed by atoms with Gasteiger partial charge >= 0.3 is 0 Å². The van der Waals surface area contributed by atoms with Gasteiger partial charge in [0, 0.05) is 20.6 Å². The molecular weight excluding hydrogens is 264 g/mol. The van der Waals surface area contributed by atoms with E-state index in [-0.39, 0.29) is 6.04 Å². The van der Waals surface area contributed by atoms with Crippen LogP contribution in [0, 0.1) is 0 Å². The summed E-state index contributed by atoms with van der Waals surface area (Å²) >= 11 is 6.31. The molecule has 0 saturated carbocycles. The maximum absolute atomic E-state index is 6.31. The molecule has 2 aromatic rings. The van der Waals surface area contributed by atoms with Crippen molar-refractivity contribution in [3.05, 3.63) is 28.6 Å². The molecule has 0 aliphatic carbocycles. The van der Waals surface area contributed by atoms with E-state index < -0.39 is 0 Å². The van der Waals surface area contributed by atoms with Gasteiger partial charge in [0.2, 0.25) is 0 Å². The number of rotatable bonds is 5. The van der Waals surface area contributed by atoms with E-state index in [4.69, 9.17) is 11.6 Å². The Labute approximate surface area is 117 Å². The first-order valence-corrected chi connectivity index (χ1v) is 6.69. The van der Waals surface area contributed by atoms with E-state index in [1.807, 2.05) is 30.3 Å². The fourth-order valence-electron chi connectivity index (χ4n) is 2.04. The quantitative estimate of drug-likeness (QED) is 0.905. The Balaban J connectivity index is 2.07. The molecule has 0 spiro atoms. The van der Waals surface area contributed by atoms with Crippen molar-refractivity contribution >= 4 is 11.6 Å². The van der Waals surface area contributed by atoms with Gasteiger partial charge in [-0.2, -0.15) is 5.10 Å². The summed E-state index contributed by atoms with van der Waals surface area (Å²) < 4.78 is 3.73. The standard InChI is InChI=1S/C12H19ClN6/c1-5-9-11(13)10(19(4)17-9)6-14-8(2)12-16-15-7-18(12)3/h7-8,14H,5-6H2,1-4H3. The van der Waals surface area contributed by atoms with Gasteiger partial charge in [0.15, 0.2) is 0 Å². The first-order chi connectivity index (χ1) is 9.04. The molecule has 0 amide bonds. The third-order valence-corrected chi connectivity index (χ3v) is 3.65. The van der Waals surface area contributed by atoms with Crippen molar-refractivity contribution in [1.82, 2.24) is 29.9 Å². The lowest BCUT2D eigenvalue weighted by molar-refractivity contribution is 0.511. The van der Waals surface area contributed by atoms with Crippen LogP contribution in [-0.2, 0) is 27.1 Å². The summed E-state index contributed by atoms with van der Waals surface area (Å²) in [5.74, 6) is 0.897. The Morgan fingerprint density at radius 2 is 2.16 bits per heavy atom. The van der Waals surface area contributed by atoms with Gasteiger partial charge in [-0.05, 0) is 13.3 Å². The summed E-state index contributed by atoms with van der Waals surface area (Å²) in [6, 6.07) is 0.101. The van der Waals surface area contributed by atoms with E-state index in [1.54, 1.807) is 6.33 Å². The highest BCUT2D eigenvalue weighted by molar-refractivity contribution is 6.31. The number of hydrogen-bond donors (Lipinski definition) is 1. The molecule has 2 rings (SSSR count). The van der Waals surface area contributed by atoms with E-state index in [9.17, 15) is 0 Å². The summed E-state index contributed by atoms with van der Waals surface area (Å²) in [5, 5.41) is 16.5. The van der Waals surface area contributed by atoms with Crippen molar-refractivity contribution in [1.29, 1.82) is 0 Å². The summed E-state index contributed by atoms with van der Waals surface area (Å²) in [4.78, 5) is 0. The largest absolute Gasteiger partial charge is 0.319 e. The SMILES string of the molecule is CCc1nn(C)c(CNC(C)c2nncn2C)c1Cl. The molecule has 0 aliphatic heterocycles. The second kappa shape index (κ2) is 5.71.